The SMILES string of the molecule is Cc1ccc(/C=C2/SC(=S)N(CC(C)C)C2=O)s1. The Labute approximate surface area is 121 Å². The van der Waals surface area contributed by atoms with Gasteiger partial charge < -0.3 is 0 Å². The number of amides is 1. The number of thiophene rings is 1. The first-order valence-corrected chi connectivity index (χ1v) is 7.83. The van der Waals surface area contributed by atoms with E-state index in [1.165, 1.54) is 16.6 Å². The summed E-state index contributed by atoms with van der Waals surface area (Å²) < 4.78 is 0.674. The Kier molecular flexibility index (Phi) is 4.25. The van der Waals surface area contributed by atoms with E-state index in [9.17, 15) is 4.79 Å². The fourth-order valence-corrected chi connectivity index (χ4v) is 3.84. The average Bonchev–Trinajstić information content (AvgIpc) is 2.78. The van der Waals surface area contributed by atoms with Gasteiger partial charge in [-0.05, 0) is 31.1 Å². The molecule has 1 aromatic heterocycles. The molecule has 0 saturated carbocycles. The van der Waals surface area contributed by atoms with Gasteiger partial charge in [-0.1, -0.05) is 37.8 Å². The molecule has 0 atom stereocenters. The highest BCUT2D eigenvalue weighted by atomic mass is 32.2. The molecule has 1 fully saturated rings. The summed E-state index contributed by atoms with van der Waals surface area (Å²) in [6.45, 7) is 6.94. The van der Waals surface area contributed by atoms with Crippen molar-refractivity contribution in [3.63, 3.8) is 0 Å². The number of nitrogens with zero attached hydrogens (tertiary/aromatic N) is 1. The zero-order valence-electron chi connectivity index (χ0n) is 10.6. The minimum atomic E-state index is 0.0461. The second-order valence-corrected chi connectivity index (χ2v) is 7.63. The first kappa shape index (κ1) is 13.8. The fraction of sp³-hybridized carbons (Fsp3) is 0.385. The fourth-order valence-electron chi connectivity index (χ4n) is 1.68. The average molecular weight is 297 g/mol. The lowest BCUT2D eigenvalue weighted by molar-refractivity contribution is -0.122. The number of rotatable bonds is 3. The minimum Gasteiger partial charge on any atom is -0.293 e. The number of carbonyl (C=O) groups is 1. The van der Waals surface area contributed by atoms with Crippen molar-refractivity contribution in [3.8, 4) is 0 Å². The van der Waals surface area contributed by atoms with Crippen LogP contribution in [0.2, 0.25) is 0 Å². The second-order valence-electron chi connectivity index (χ2n) is 4.63. The quantitative estimate of drug-likeness (QED) is 0.623. The summed E-state index contributed by atoms with van der Waals surface area (Å²) in [6.07, 6.45) is 1.94. The summed E-state index contributed by atoms with van der Waals surface area (Å²) in [5.74, 6) is 0.473. The summed E-state index contributed by atoms with van der Waals surface area (Å²) >= 11 is 8.36. The first-order valence-electron chi connectivity index (χ1n) is 5.79. The summed E-state index contributed by atoms with van der Waals surface area (Å²) in [7, 11) is 0. The van der Waals surface area contributed by atoms with Crippen molar-refractivity contribution < 1.29 is 4.79 Å². The Morgan fingerprint density at radius 3 is 2.72 bits per heavy atom. The van der Waals surface area contributed by atoms with E-state index in [1.54, 1.807) is 16.2 Å². The van der Waals surface area contributed by atoms with Crippen molar-refractivity contribution in [1.29, 1.82) is 0 Å². The van der Waals surface area contributed by atoms with Crippen LogP contribution in [0.25, 0.3) is 6.08 Å². The van der Waals surface area contributed by atoms with Gasteiger partial charge in [-0.15, -0.1) is 11.3 Å². The Morgan fingerprint density at radius 2 is 2.17 bits per heavy atom. The molecular formula is C13H15NOS3. The van der Waals surface area contributed by atoms with Gasteiger partial charge in [0.2, 0.25) is 0 Å². The van der Waals surface area contributed by atoms with Crippen molar-refractivity contribution in [1.82, 2.24) is 4.90 Å². The molecule has 0 N–H and O–H groups in total. The van der Waals surface area contributed by atoms with Gasteiger partial charge in [0.25, 0.3) is 5.91 Å². The van der Waals surface area contributed by atoms with Gasteiger partial charge in [0.05, 0.1) is 4.91 Å². The van der Waals surface area contributed by atoms with Gasteiger partial charge in [0.15, 0.2) is 0 Å². The van der Waals surface area contributed by atoms with Crippen molar-refractivity contribution in [3.05, 3.63) is 26.8 Å². The van der Waals surface area contributed by atoms with E-state index in [4.69, 9.17) is 12.2 Å². The molecule has 18 heavy (non-hydrogen) atoms. The standard InChI is InChI=1S/C13H15NOS3/c1-8(2)7-14-12(15)11(18-13(14)16)6-10-5-4-9(3)17-10/h4-6,8H,7H2,1-3H3/b11-6+. The number of thiocarbonyl (C=S) groups is 1. The van der Waals surface area contributed by atoms with Gasteiger partial charge in [-0.2, -0.15) is 0 Å². The normalized spacial score (nSPS) is 18.4. The van der Waals surface area contributed by atoms with Gasteiger partial charge in [-0.25, -0.2) is 0 Å². The molecule has 1 saturated heterocycles. The monoisotopic (exact) mass is 297 g/mol. The van der Waals surface area contributed by atoms with Crippen molar-refractivity contribution in [2.45, 2.75) is 20.8 Å². The predicted molar refractivity (Wildman–Crippen MR) is 83.8 cm³/mol. The number of hydrogen-bond acceptors (Lipinski definition) is 4. The van der Waals surface area contributed by atoms with Crippen molar-refractivity contribution in [2.24, 2.45) is 5.92 Å². The van der Waals surface area contributed by atoms with Crippen molar-refractivity contribution in [2.75, 3.05) is 6.54 Å². The van der Waals surface area contributed by atoms with E-state index in [0.29, 0.717) is 16.8 Å². The Hall–Kier alpha value is -0.650. The topological polar surface area (TPSA) is 20.3 Å². The van der Waals surface area contributed by atoms with E-state index < -0.39 is 0 Å². The van der Waals surface area contributed by atoms with Crippen LogP contribution in [-0.4, -0.2) is 21.7 Å². The number of thioether (sulfide) groups is 1. The van der Waals surface area contributed by atoms with Gasteiger partial charge >= 0.3 is 0 Å². The maximum atomic E-state index is 12.2. The lowest BCUT2D eigenvalue weighted by Crippen LogP contribution is -2.31. The minimum absolute atomic E-state index is 0.0461. The molecule has 96 valence electrons. The molecule has 0 aliphatic carbocycles. The van der Waals surface area contributed by atoms with Gasteiger partial charge in [0, 0.05) is 16.3 Å². The van der Waals surface area contributed by atoms with Gasteiger partial charge in [0.1, 0.15) is 4.32 Å². The van der Waals surface area contributed by atoms with E-state index in [0.717, 1.165) is 9.78 Å². The van der Waals surface area contributed by atoms with Crippen LogP contribution >= 0.6 is 35.3 Å². The molecule has 1 amide bonds. The van der Waals surface area contributed by atoms with Crippen LogP contribution in [0.5, 0.6) is 0 Å². The van der Waals surface area contributed by atoms with Crippen LogP contribution in [0.4, 0.5) is 0 Å². The highest BCUT2D eigenvalue weighted by Gasteiger charge is 2.32. The molecule has 1 aliphatic heterocycles. The van der Waals surface area contributed by atoms with Gasteiger partial charge in [-0.3, -0.25) is 9.69 Å². The molecule has 1 aliphatic rings. The van der Waals surface area contributed by atoms with E-state index >= 15 is 0 Å². The molecule has 1 aromatic rings. The summed E-state index contributed by atoms with van der Waals surface area (Å²) in [6, 6.07) is 4.10. The summed E-state index contributed by atoms with van der Waals surface area (Å²) in [4.78, 5) is 17.0. The maximum Gasteiger partial charge on any atom is 0.266 e. The summed E-state index contributed by atoms with van der Waals surface area (Å²) in [5, 5.41) is 0. The molecule has 0 aromatic carbocycles. The van der Waals surface area contributed by atoms with Crippen molar-refractivity contribution >= 4 is 51.6 Å². The molecular weight excluding hydrogens is 282 g/mol. The first-order chi connectivity index (χ1) is 8.47. The molecule has 0 unspecified atom stereocenters. The van der Waals surface area contributed by atoms with Crippen LogP contribution in [0.3, 0.4) is 0 Å². The highest BCUT2D eigenvalue weighted by molar-refractivity contribution is 8.26. The van der Waals surface area contributed by atoms with Crippen LogP contribution in [0.15, 0.2) is 17.0 Å². The number of carbonyl (C=O) groups excluding carboxylic acids is 1. The van der Waals surface area contributed by atoms with E-state index in [-0.39, 0.29) is 5.91 Å². The largest absolute Gasteiger partial charge is 0.293 e. The number of aryl methyl sites for hydroxylation is 1. The maximum absolute atomic E-state index is 12.2. The Balaban J connectivity index is 2.19. The third-order valence-corrected chi connectivity index (χ3v) is 4.78. The highest BCUT2D eigenvalue weighted by Crippen LogP contribution is 2.34. The molecule has 0 spiro atoms. The molecule has 5 heteroatoms. The zero-order chi connectivity index (χ0) is 13.3. The van der Waals surface area contributed by atoms with E-state index in [2.05, 4.69) is 26.8 Å². The molecule has 0 bridgehead atoms. The number of hydrogen-bond donors (Lipinski definition) is 0. The van der Waals surface area contributed by atoms with Crippen LogP contribution < -0.4 is 0 Å². The van der Waals surface area contributed by atoms with Crippen LogP contribution in [0, 0.1) is 12.8 Å². The third kappa shape index (κ3) is 3.02. The second kappa shape index (κ2) is 5.55. The zero-order valence-corrected chi connectivity index (χ0v) is 13.0. The molecule has 2 rings (SSSR count). The Morgan fingerprint density at radius 1 is 1.44 bits per heavy atom. The smallest absolute Gasteiger partial charge is 0.266 e. The third-order valence-electron chi connectivity index (χ3n) is 2.46. The molecule has 2 nitrogen and oxygen atoms in total. The molecule has 2 heterocycles. The molecule has 0 radical (unpaired) electrons. The van der Waals surface area contributed by atoms with E-state index in [1.807, 2.05) is 12.1 Å². The Bertz CT molecular complexity index is 516. The lowest BCUT2D eigenvalue weighted by atomic mass is 10.2. The van der Waals surface area contributed by atoms with Crippen LogP contribution in [-0.2, 0) is 4.79 Å². The summed E-state index contributed by atoms with van der Waals surface area (Å²) in [5.41, 5.74) is 0. The van der Waals surface area contributed by atoms with Crippen LogP contribution in [0.1, 0.15) is 23.6 Å². The lowest BCUT2D eigenvalue weighted by Gasteiger charge is -2.16. The predicted octanol–water partition coefficient (Wildman–Crippen LogP) is 3.91.